The van der Waals surface area contributed by atoms with Crippen molar-refractivity contribution in [3.05, 3.63) is 63.0 Å². The average Bonchev–Trinajstić information content (AvgIpc) is 2.89. The third kappa shape index (κ3) is 7.74. The lowest BCUT2D eigenvalue weighted by Crippen LogP contribution is -2.51. The van der Waals surface area contributed by atoms with Crippen LogP contribution in [0.1, 0.15) is 38.3 Å². The Labute approximate surface area is 238 Å². The van der Waals surface area contributed by atoms with Gasteiger partial charge in [0.15, 0.2) is 5.75 Å². The molecular weight excluding hydrogens is 542 g/mol. The van der Waals surface area contributed by atoms with Crippen molar-refractivity contribution in [3.8, 4) is 5.75 Å². The SMILES string of the molecule is CC(C)(C)OC(=O)N1CCN(Cc2ccn(Cc3ccc(Cl)cc3)c(=O)c2O[C@@H]2O[C@H](CO)[C@@H](O)C[C@H]2O)CC1. The van der Waals surface area contributed by atoms with Gasteiger partial charge in [-0.2, -0.15) is 0 Å². The number of carbonyl (C=O) groups excluding carboxylic acids is 1. The highest BCUT2D eigenvalue weighted by molar-refractivity contribution is 6.30. The molecule has 0 radical (unpaired) electrons. The van der Waals surface area contributed by atoms with Gasteiger partial charge in [0.05, 0.1) is 19.3 Å². The van der Waals surface area contributed by atoms with Crippen molar-refractivity contribution in [3.63, 3.8) is 0 Å². The van der Waals surface area contributed by atoms with Crippen LogP contribution in [0, 0.1) is 0 Å². The van der Waals surface area contributed by atoms with Crippen LogP contribution in [0.15, 0.2) is 41.3 Å². The van der Waals surface area contributed by atoms with Crippen molar-refractivity contribution >= 4 is 17.7 Å². The molecule has 220 valence electrons. The fraction of sp³-hybridized carbons (Fsp3) is 0.571. The molecule has 3 heterocycles. The highest BCUT2D eigenvalue weighted by Crippen LogP contribution is 2.25. The van der Waals surface area contributed by atoms with Crippen molar-refractivity contribution < 1.29 is 34.3 Å². The van der Waals surface area contributed by atoms with Crippen molar-refractivity contribution in [2.75, 3.05) is 32.8 Å². The lowest BCUT2D eigenvalue weighted by atomic mass is 10.0. The molecule has 1 aromatic heterocycles. The minimum atomic E-state index is -1.25. The second-order valence-electron chi connectivity index (χ2n) is 11.2. The van der Waals surface area contributed by atoms with Crippen LogP contribution < -0.4 is 10.3 Å². The van der Waals surface area contributed by atoms with Gasteiger partial charge in [0.2, 0.25) is 6.29 Å². The molecule has 1 amide bonds. The Morgan fingerprint density at radius 2 is 1.73 bits per heavy atom. The number of rotatable bonds is 7. The molecule has 3 N–H and O–H groups in total. The molecule has 11 nitrogen and oxygen atoms in total. The van der Waals surface area contributed by atoms with Crippen LogP contribution in [0.5, 0.6) is 5.75 Å². The van der Waals surface area contributed by atoms with Gasteiger partial charge in [-0.25, -0.2) is 4.79 Å². The maximum absolute atomic E-state index is 13.7. The molecule has 2 fully saturated rings. The summed E-state index contributed by atoms with van der Waals surface area (Å²) in [5.74, 6) is 0.0168. The fourth-order valence-corrected chi connectivity index (χ4v) is 4.79. The summed E-state index contributed by atoms with van der Waals surface area (Å²) in [7, 11) is 0. The highest BCUT2D eigenvalue weighted by atomic mass is 35.5. The van der Waals surface area contributed by atoms with Crippen LogP contribution in [-0.4, -0.2) is 98.8 Å². The molecule has 4 atom stereocenters. The van der Waals surface area contributed by atoms with Gasteiger partial charge < -0.3 is 39.0 Å². The Morgan fingerprint density at radius 1 is 1.05 bits per heavy atom. The van der Waals surface area contributed by atoms with E-state index in [9.17, 15) is 24.9 Å². The molecule has 12 heteroatoms. The Morgan fingerprint density at radius 3 is 2.35 bits per heavy atom. The normalized spacial score (nSPS) is 24.1. The van der Waals surface area contributed by atoms with Gasteiger partial charge in [-0.1, -0.05) is 23.7 Å². The van der Waals surface area contributed by atoms with E-state index in [2.05, 4.69) is 4.90 Å². The van der Waals surface area contributed by atoms with Gasteiger partial charge in [0, 0.05) is 55.9 Å². The third-order valence-electron chi connectivity index (χ3n) is 6.84. The number of benzene rings is 1. The van der Waals surface area contributed by atoms with E-state index in [-0.39, 0.29) is 24.8 Å². The van der Waals surface area contributed by atoms with E-state index in [1.165, 1.54) is 4.57 Å². The zero-order valence-electron chi connectivity index (χ0n) is 23.0. The lowest BCUT2D eigenvalue weighted by molar-refractivity contribution is -0.241. The molecule has 40 heavy (non-hydrogen) atoms. The topological polar surface area (TPSA) is 134 Å². The van der Waals surface area contributed by atoms with Crippen LogP contribution in [0.4, 0.5) is 4.79 Å². The molecule has 0 bridgehead atoms. The first kappa shape index (κ1) is 30.3. The molecule has 0 aliphatic carbocycles. The van der Waals surface area contributed by atoms with E-state index < -0.39 is 42.4 Å². The molecule has 2 aliphatic rings. The van der Waals surface area contributed by atoms with Crippen molar-refractivity contribution in [1.82, 2.24) is 14.4 Å². The Bertz CT molecular complexity index is 1210. The van der Waals surface area contributed by atoms with E-state index in [0.717, 1.165) is 5.56 Å². The maximum atomic E-state index is 13.7. The number of ether oxygens (including phenoxy) is 3. The van der Waals surface area contributed by atoms with Crippen LogP contribution in [-0.2, 0) is 22.6 Å². The quantitative estimate of drug-likeness (QED) is 0.449. The summed E-state index contributed by atoms with van der Waals surface area (Å²) in [4.78, 5) is 29.9. The summed E-state index contributed by atoms with van der Waals surface area (Å²) in [6.07, 6.45) is -3.19. The van der Waals surface area contributed by atoms with Gasteiger partial charge in [-0.3, -0.25) is 9.69 Å². The summed E-state index contributed by atoms with van der Waals surface area (Å²) >= 11 is 6.00. The fourth-order valence-electron chi connectivity index (χ4n) is 4.66. The first-order valence-electron chi connectivity index (χ1n) is 13.4. The zero-order chi connectivity index (χ0) is 29.0. The first-order valence-corrected chi connectivity index (χ1v) is 13.8. The van der Waals surface area contributed by atoms with Crippen LogP contribution >= 0.6 is 11.6 Å². The molecule has 0 saturated carbocycles. The van der Waals surface area contributed by atoms with Crippen LogP contribution in [0.25, 0.3) is 0 Å². The number of nitrogens with zero attached hydrogens (tertiary/aromatic N) is 3. The molecule has 0 spiro atoms. The minimum absolute atomic E-state index is 0.0168. The van der Waals surface area contributed by atoms with Gasteiger partial charge in [0.1, 0.15) is 17.8 Å². The smallest absolute Gasteiger partial charge is 0.410 e. The number of hydrogen-bond donors (Lipinski definition) is 3. The molecule has 1 aromatic carbocycles. The summed E-state index contributed by atoms with van der Waals surface area (Å²) in [5.41, 5.74) is 0.460. The predicted octanol–water partition coefficient (Wildman–Crippen LogP) is 1.81. The molecule has 2 saturated heterocycles. The van der Waals surface area contributed by atoms with Crippen molar-refractivity contribution in [2.45, 2.75) is 70.5 Å². The number of aromatic nitrogens is 1. The molecular formula is C28H38ClN3O8. The van der Waals surface area contributed by atoms with Crippen molar-refractivity contribution in [1.29, 1.82) is 0 Å². The zero-order valence-corrected chi connectivity index (χ0v) is 23.8. The Balaban J connectivity index is 1.54. The average molecular weight is 580 g/mol. The summed E-state index contributed by atoms with van der Waals surface area (Å²) < 4.78 is 18.6. The predicted molar refractivity (Wildman–Crippen MR) is 147 cm³/mol. The number of aliphatic hydroxyl groups is 3. The standard InChI is InChI=1S/C28H38ClN3O8/c1-28(2,3)40-27(37)31-12-10-30(11-13-31)16-19-8-9-32(15-18-4-6-20(29)7-5-18)25(36)24(19)39-26-22(35)14-21(34)23(17-33)38-26/h4-9,21-23,26,33-35H,10-17H2,1-3H3/t21-,22+,23+,26-/m0/s1. The number of aliphatic hydroxyl groups excluding tert-OH is 3. The number of carbonyl (C=O) groups is 1. The molecule has 0 unspecified atom stereocenters. The lowest BCUT2D eigenvalue weighted by Gasteiger charge is -2.37. The van der Waals surface area contributed by atoms with Crippen molar-refractivity contribution in [2.24, 2.45) is 0 Å². The molecule has 4 rings (SSSR count). The highest BCUT2D eigenvalue weighted by Gasteiger charge is 2.38. The number of amides is 1. The van der Waals surface area contributed by atoms with Crippen LogP contribution in [0.2, 0.25) is 5.02 Å². The number of pyridine rings is 1. The molecule has 2 aromatic rings. The Hall–Kier alpha value is -2.67. The first-order chi connectivity index (χ1) is 18.9. The third-order valence-corrected chi connectivity index (χ3v) is 7.09. The number of halogens is 1. The largest absolute Gasteiger partial charge is 0.456 e. The van der Waals surface area contributed by atoms with Gasteiger partial charge in [0.25, 0.3) is 5.56 Å². The number of hydrogen-bond acceptors (Lipinski definition) is 9. The number of piperazine rings is 1. The van der Waals surface area contributed by atoms with E-state index in [1.54, 1.807) is 29.3 Å². The Kier molecular flexibility index (Phi) is 9.76. The molecule has 2 aliphatic heterocycles. The van der Waals surface area contributed by atoms with Crippen LogP contribution in [0.3, 0.4) is 0 Å². The maximum Gasteiger partial charge on any atom is 0.410 e. The van der Waals surface area contributed by atoms with E-state index in [0.29, 0.717) is 43.3 Å². The van der Waals surface area contributed by atoms with E-state index >= 15 is 0 Å². The minimum Gasteiger partial charge on any atom is -0.456 e. The summed E-state index contributed by atoms with van der Waals surface area (Å²) in [6, 6.07) is 8.94. The monoisotopic (exact) mass is 579 g/mol. The van der Waals surface area contributed by atoms with Gasteiger partial charge in [-0.05, 0) is 44.5 Å². The second-order valence-corrected chi connectivity index (χ2v) is 11.6. The van der Waals surface area contributed by atoms with Gasteiger partial charge in [-0.15, -0.1) is 0 Å². The second kappa shape index (κ2) is 12.9. The summed E-state index contributed by atoms with van der Waals surface area (Å²) in [5, 5.41) is 30.8. The van der Waals surface area contributed by atoms with E-state index in [4.69, 9.17) is 25.8 Å². The van der Waals surface area contributed by atoms with Gasteiger partial charge >= 0.3 is 6.09 Å². The summed E-state index contributed by atoms with van der Waals surface area (Å²) in [6.45, 7) is 7.73. The van der Waals surface area contributed by atoms with E-state index in [1.807, 2.05) is 32.9 Å².